The molecular weight excluding hydrogens is 364 g/mol. The molecule has 1 atom stereocenters. The Morgan fingerprint density at radius 3 is 2.52 bits per heavy atom. The van der Waals surface area contributed by atoms with Gasteiger partial charge in [0.15, 0.2) is 5.82 Å². The number of hydrogen-bond donors (Lipinski definition) is 0. The second kappa shape index (κ2) is 7.31. The van der Waals surface area contributed by atoms with Crippen LogP contribution in [0.2, 0.25) is 0 Å². The average Bonchev–Trinajstić information content (AvgIpc) is 3.20. The van der Waals surface area contributed by atoms with E-state index in [4.69, 9.17) is 4.98 Å². The van der Waals surface area contributed by atoms with Crippen LogP contribution in [0, 0.1) is 6.92 Å². The number of amides is 1. The van der Waals surface area contributed by atoms with Gasteiger partial charge < -0.3 is 9.80 Å². The molecule has 3 heterocycles. The van der Waals surface area contributed by atoms with Crippen LogP contribution < -0.4 is 9.80 Å². The Morgan fingerprint density at radius 2 is 1.86 bits per heavy atom. The first-order valence-electron chi connectivity index (χ1n) is 9.96. The molecule has 0 N–H and O–H groups in total. The van der Waals surface area contributed by atoms with Gasteiger partial charge in [0.05, 0.1) is 6.20 Å². The average molecular weight is 390 g/mol. The van der Waals surface area contributed by atoms with Crippen molar-refractivity contribution in [1.82, 2.24) is 19.5 Å². The van der Waals surface area contributed by atoms with Gasteiger partial charge in [-0.25, -0.2) is 9.97 Å². The molecule has 0 unspecified atom stereocenters. The summed E-state index contributed by atoms with van der Waals surface area (Å²) in [5, 5.41) is 0. The van der Waals surface area contributed by atoms with Crippen LogP contribution >= 0.6 is 0 Å². The molecule has 0 bridgehead atoms. The minimum absolute atomic E-state index is 0.0769. The highest BCUT2D eigenvalue weighted by molar-refractivity contribution is 6.04. The Bertz CT molecular complexity index is 1040. The van der Waals surface area contributed by atoms with Crippen molar-refractivity contribution in [2.45, 2.75) is 46.2 Å². The van der Waals surface area contributed by atoms with Crippen molar-refractivity contribution in [2.75, 3.05) is 16.8 Å². The number of carbonyl (C=O) groups excluding carboxylic acids is 1. The van der Waals surface area contributed by atoms with Gasteiger partial charge in [-0.2, -0.15) is 4.98 Å². The predicted molar refractivity (Wildman–Crippen MR) is 114 cm³/mol. The van der Waals surface area contributed by atoms with Crippen molar-refractivity contribution in [3.05, 3.63) is 48.4 Å². The number of aromatic nitrogens is 4. The lowest BCUT2D eigenvalue weighted by Gasteiger charge is -2.42. The summed E-state index contributed by atoms with van der Waals surface area (Å²) in [6, 6.07) is 8.14. The summed E-state index contributed by atoms with van der Waals surface area (Å²) in [4.78, 5) is 30.6. The van der Waals surface area contributed by atoms with Crippen LogP contribution in [-0.4, -0.2) is 44.6 Å². The lowest BCUT2D eigenvalue weighted by atomic mass is 10.1. The highest BCUT2D eigenvalue weighted by Crippen LogP contribution is 2.36. The quantitative estimate of drug-likeness (QED) is 0.681. The highest BCUT2D eigenvalue weighted by Gasteiger charge is 2.38. The maximum Gasteiger partial charge on any atom is 0.249 e. The molecular formula is C22H26N6O. The minimum atomic E-state index is -0.227. The summed E-state index contributed by atoms with van der Waals surface area (Å²) in [6.45, 7) is 8.26. The van der Waals surface area contributed by atoms with Crippen molar-refractivity contribution in [2.24, 2.45) is 0 Å². The van der Waals surface area contributed by atoms with E-state index in [1.165, 1.54) is 5.56 Å². The van der Waals surface area contributed by atoms with Crippen molar-refractivity contribution in [1.29, 1.82) is 0 Å². The van der Waals surface area contributed by atoms with Gasteiger partial charge in [0, 0.05) is 31.0 Å². The van der Waals surface area contributed by atoms with E-state index in [0.717, 1.165) is 29.3 Å². The number of fused-ring (bicyclic) bond motifs is 1. The van der Waals surface area contributed by atoms with Gasteiger partial charge in [-0.1, -0.05) is 36.8 Å². The van der Waals surface area contributed by atoms with E-state index in [9.17, 15) is 4.79 Å². The monoisotopic (exact) mass is 390 g/mol. The van der Waals surface area contributed by atoms with Gasteiger partial charge in [0.25, 0.3) is 0 Å². The fraction of sp³-hybridized carbons (Fsp3) is 0.364. The maximum absolute atomic E-state index is 12.8. The number of anilines is 2. The molecule has 0 aliphatic carbocycles. The van der Waals surface area contributed by atoms with Crippen LogP contribution in [0.1, 0.15) is 32.8 Å². The lowest BCUT2D eigenvalue weighted by molar-refractivity contribution is -0.120. The summed E-state index contributed by atoms with van der Waals surface area (Å²) < 4.78 is 1.89. The minimum Gasteiger partial charge on any atom is -0.340 e. The Hall–Kier alpha value is -3.22. The van der Waals surface area contributed by atoms with Crippen molar-refractivity contribution >= 4 is 17.4 Å². The van der Waals surface area contributed by atoms with Crippen molar-refractivity contribution in [3.63, 3.8) is 0 Å². The van der Waals surface area contributed by atoms with E-state index >= 15 is 0 Å². The SMILES string of the molecule is CC[C@@H]1C(=O)N(C)c2cnc(-n3ccnc3-c3ccc(C)cc3)nc2N1C(C)C. The topological polar surface area (TPSA) is 67.2 Å². The third kappa shape index (κ3) is 3.16. The number of nitrogens with zero attached hydrogens (tertiary/aromatic N) is 6. The number of imidazole rings is 1. The third-order valence-electron chi connectivity index (χ3n) is 5.40. The Labute approximate surface area is 171 Å². The standard InChI is InChI=1S/C22H26N6O/c1-6-17-21(29)26(5)18-13-24-22(25-20(18)28(17)14(2)3)27-12-11-23-19(27)16-9-7-15(4)8-10-16/h7-14,17H,6H2,1-5H3/t17-/m1/s1. The summed E-state index contributed by atoms with van der Waals surface area (Å²) in [5.41, 5.74) is 2.93. The van der Waals surface area contributed by atoms with Gasteiger partial charge >= 0.3 is 0 Å². The second-order valence-corrected chi connectivity index (χ2v) is 7.69. The van der Waals surface area contributed by atoms with E-state index in [1.54, 1.807) is 24.3 Å². The van der Waals surface area contributed by atoms with Crippen LogP contribution in [0.25, 0.3) is 17.3 Å². The molecule has 0 saturated heterocycles. The molecule has 1 amide bonds. The number of benzene rings is 1. The molecule has 150 valence electrons. The van der Waals surface area contributed by atoms with Gasteiger partial charge in [-0.05, 0) is 27.2 Å². The zero-order chi connectivity index (χ0) is 20.7. The number of hydrogen-bond acceptors (Lipinski definition) is 5. The van der Waals surface area contributed by atoms with Crippen LogP contribution in [0.4, 0.5) is 11.5 Å². The Balaban J connectivity index is 1.84. The molecule has 2 aromatic heterocycles. The fourth-order valence-electron chi connectivity index (χ4n) is 3.87. The molecule has 4 rings (SSSR count). The number of rotatable bonds is 4. The second-order valence-electron chi connectivity index (χ2n) is 7.69. The summed E-state index contributed by atoms with van der Waals surface area (Å²) >= 11 is 0. The molecule has 7 heteroatoms. The summed E-state index contributed by atoms with van der Waals surface area (Å²) in [6.07, 6.45) is 6.07. The first-order chi connectivity index (χ1) is 13.9. The molecule has 0 fully saturated rings. The van der Waals surface area contributed by atoms with E-state index in [0.29, 0.717) is 5.95 Å². The molecule has 3 aromatic rings. The molecule has 7 nitrogen and oxygen atoms in total. The Morgan fingerprint density at radius 1 is 1.14 bits per heavy atom. The van der Waals surface area contributed by atoms with E-state index < -0.39 is 0 Å². The number of carbonyl (C=O) groups is 1. The van der Waals surface area contributed by atoms with Gasteiger partial charge in [0.2, 0.25) is 11.9 Å². The smallest absolute Gasteiger partial charge is 0.249 e. The van der Waals surface area contributed by atoms with Crippen LogP contribution in [-0.2, 0) is 4.79 Å². The normalized spacial score (nSPS) is 16.5. The fourth-order valence-corrected chi connectivity index (χ4v) is 3.87. The number of aryl methyl sites for hydroxylation is 1. The van der Waals surface area contributed by atoms with Gasteiger partial charge in [-0.15, -0.1) is 0 Å². The number of likely N-dealkylation sites (N-methyl/N-ethyl adjacent to an activating group) is 1. The zero-order valence-electron chi connectivity index (χ0n) is 17.5. The largest absolute Gasteiger partial charge is 0.340 e. The van der Waals surface area contributed by atoms with Crippen molar-refractivity contribution in [3.8, 4) is 17.3 Å². The van der Waals surface area contributed by atoms with Crippen LogP contribution in [0.3, 0.4) is 0 Å². The van der Waals surface area contributed by atoms with E-state index in [2.05, 4.69) is 47.8 Å². The van der Waals surface area contributed by atoms with Crippen molar-refractivity contribution < 1.29 is 4.79 Å². The van der Waals surface area contributed by atoms with Gasteiger partial charge in [0.1, 0.15) is 17.6 Å². The first-order valence-corrected chi connectivity index (χ1v) is 9.96. The molecule has 29 heavy (non-hydrogen) atoms. The third-order valence-corrected chi connectivity index (χ3v) is 5.40. The zero-order valence-corrected chi connectivity index (χ0v) is 17.5. The first kappa shape index (κ1) is 19.1. The molecule has 1 aliphatic rings. The molecule has 1 aliphatic heterocycles. The van der Waals surface area contributed by atoms with Gasteiger partial charge in [-0.3, -0.25) is 9.36 Å². The molecule has 0 saturated carbocycles. The lowest BCUT2D eigenvalue weighted by Crippen LogP contribution is -2.55. The highest BCUT2D eigenvalue weighted by atomic mass is 16.2. The summed E-state index contributed by atoms with van der Waals surface area (Å²) in [5.74, 6) is 2.18. The van der Waals surface area contributed by atoms with E-state index in [1.807, 2.05) is 29.8 Å². The predicted octanol–water partition coefficient (Wildman–Crippen LogP) is 3.61. The molecule has 1 aromatic carbocycles. The molecule has 0 spiro atoms. The molecule has 0 radical (unpaired) electrons. The van der Waals surface area contributed by atoms with E-state index in [-0.39, 0.29) is 18.0 Å². The van der Waals surface area contributed by atoms with Crippen LogP contribution in [0.15, 0.2) is 42.9 Å². The maximum atomic E-state index is 12.8. The Kier molecular flexibility index (Phi) is 4.82. The summed E-state index contributed by atoms with van der Waals surface area (Å²) in [7, 11) is 1.79. The van der Waals surface area contributed by atoms with Crippen LogP contribution in [0.5, 0.6) is 0 Å².